The van der Waals surface area contributed by atoms with Crippen molar-refractivity contribution in [1.29, 1.82) is 0 Å². The number of nitrogens with one attached hydrogen (secondary N) is 1. The minimum absolute atomic E-state index is 0.0609. The number of carbonyl (C=O) groups excluding carboxylic acids is 1. The molecular formula is C21H18ClN5O2. The fourth-order valence-corrected chi connectivity index (χ4v) is 2.94. The number of benzene rings is 2. The third kappa shape index (κ3) is 4.89. The van der Waals surface area contributed by atoms with Crippen molar-refractivity contribution in [1.82, 2.24) is 25.2 Å². The van der Waals surface area contributed by atoms with Crippen LogP contribution in [0.1, 0.15) is 11.5 Å². The van der Waals surface area contributed by atoms with E-state index >= 15 is 0 Å². The molecule has 0 saturated heterocycles. The molecule has 146 valence electrons. The van der Waals surface area contributed by atoms with Crippen molar-refractivity contribution in [3.05, 3.63) is 83.5 Å². The Labute approximate surface area is 172 Å². The van der Waals surface area contributed by atoms with Gasteiger partial charge in [0.1, 0.15) is 0 Å². The first kappa shape index (κ1) is 18.9. The summed E-state index contributed by atoms with van der Waals surface area (Å²) in [4.78, 5) is 16.5. The van der Waals surface area contributed by atoms with Crippen molar-refractivity contribution in [2.24, 2.45) is 0 Å². The van der Waals surface area contributed by atoms with E-state index in [0.717, 1.165) is 16.8 Å². The van der Waals surface area contributed by atoms with E-state index in [-0.39, 0.29) is 5.91 Å². The highest BCUT2D eigenvalue weighted by molar-refractivity contribution is 6.30. The van der Waals surface area contributed by atoms with Crippen LogP contribution in [0.2, 0.25) is 5.02 Å². The summed E-state index contributed by atoms with van der Waals surface area (Å²) in [5.41, 5.74) is 2.71. The predicted molar refractivity (Wildman–Crippen MR) is 109 cm³/mol. The van der Waals surface area contributed by atoms with E-state index in [0.29, 0.717) is 36.1 Å². The van der Waals surface area contributed by atoms with E-state index in [1.54, 1.807) is 23.0 Å². The van der Waals surface area contributed by atoms with E-state index < -0.39 is 0 Å². The lowest BCUT2D eigenvalue weighted by molar-refractivity contribution is -0.120. The second kappa shape index (κ2) is 8.70. The van der Waals surface area contributed by atoms with Crippen molar-refractivity contribution in [2.45, 2.75) is 12.8 Å². The molecule has 4 rings (SSSR count). The van der Waals surface area contributed by atoms with Gasteiger partial charge in [-0.15, -0.1) is 0 Å². The Morgan fingerprint density at radius 3 is 2.62 bits per heavy atom. The van der Waals surface area contributed by atoms with Gasteiger partial charge in [0.15, 0.2) is 0 Å². The lowest BCUT2D eigenvalue weighted by Gasteiger charge is -2.05. The zero-order valence-electron chi connectivity index (χ0n) is 15.5. The summed E-state index contributed by atoms with van der Waals surface area (Å²) in [6.45, 7) is 0.423. The summed E-state index contributed by atoms with van der Waals surface area (Å²) in [5.74, 6) is 0.911. The lowest BCUT2D eigenvalue weighted by atomic mass is 10.1. The van der Waals surface area contributed by atoms with Gasteiger partial charge in [-0.05, 0) is 48.0 Å². The Balaban J connectivity index is 1.25. The number of carbonyl (C=O) groups is 1. The quantitative estimate of drug-likeness (QED) is 0.507. The van der Waals surface area contributed by atoms with Gasteiger partial charge in [0.2, 0.25) is 17.6 Å². The van der Waals surface area contributed by atoms with Crippen LogP contribution in [0.25, 0.3) is 17.1 Å². The number of aromatic nitrogens is 4. The highest BCUT2D eigenvalue weighted by Gasteiger charge is 2.10. The molecule has 1 amide bonds. The van der Waals surface area contributed by atoms with E-state index in [1.165, 1.54) is 0 Å². The van der Waals surface area contributed by atoms with Gasteiger partial charge in [0, 0.05) is 35.9 Å². The van der Waals surface area contributed by atoms with E-state index in [9.17, 15) is 4.79 Å². The number of rotatable bonds is 7. The van der Waals surface area contributed by atoms with Gasteiger partial charge in [0.25, 0.3) is 0 Å². The van der Waals surface area contributed by atoms with Crippen LogP contribution in [-0.2, 0) is 17.6 Å². The zero-order chi connectivity index (χ0) is 20.1. The van der Waals surface area contributed by atoms with Gasteiger partial charge in [-0.25, -0.2) is 4.68 Å². The van der Waals surface area contributed by atoms with Gasteiger partial charge >= 0.3 is 0 Å². The molecule has 0 aliphatic carbocycles. The molecule has 2 heterocycles. The highest BCUT2D eigenvalue weighted by atomic mass is 35.5. The predicted octanol–water partition coefficient (Wildman–Crippen LogP) is 3.48. The van der Waals surface area contributed by atoms with Crippen LogP contribution < -0.4 is 5.32 Å². The van der Waals surface area contributed by atoms with E-state index in [4.69, 9.17) is 16.1 Å². The maximum atomic E-state index is 12.2. The van der Waals surface area contributed by atoms with Crippen LogP contribution in [0.15, 0.2) is 71.5 Å². The summed E-state index contributed by atoms with van der Waals surface area (Å²) in [6, 6.07) is 16.8. The summed E-state index contributed by atoms with van der Waals surface area (Å²) in [7, 11) is 0. The summed E-state index contributed by atoms with van der Waals surface area (Å²) >= 11 is 5.88. The third-order valence-electron chi connectivity index (χ3n) is 4.30. The van der Waals surface area contributed by atoms with Crippen LogP contribution in [0.3, 0.4) is 0 Å². The molecule has 0 spiro atoms. The molecule has 29 heavy (non-hydrogen) atoms. The largest absolute Gasteiger partial charge is 0.355 e. The van der Waals surface area contributed by atoms with Crippen molar-refractivity contribution in [3.63, 3.8) is 0 Å². The number of nitrogens with zero attached hydrogens (tertiary/aromatic N) is 4. The summed E-state index contributed by atoms with van der Waals surface area (Å²) in [5, 5.41) is 11.7. The van der Waals surface area contributed by atoms with Gasteiger partial charge in [-0.1, -0.05) is 28.9 Å². The Hall–Kier alpha value is -3.45. The number of amides is 1. The topological polar surface area (TPSA) is 85.8 Å². The molecule has 2 aromatic heterocycles. The number of hydrogen-bond acceptors (Lipinski definition) is 5. The monoisotopic (exact) mass is 407 g/mol. The Morgan fingerprint density at radius 1 is 1.10 bits per heavy atom. The minimum atomic E-state index is -0.0609. The average molecular weight is 408 g/mol. The second-order valence-electron chi connectivity index (χ2n) is 6.41. The SMILES string of the molecule is O=C(Cc1ccc(-n2cccn2)cc1)NCCc1nc(-c2ccc(Cl)cc2)no1. The molecule has 0 radical (unpaired) electrons. The molecule has 0 fully saturated rings. The highest BCUT2D eigenvalue weighted by Crippen LogP contribution is 2.18. The molecule has 0 saturated carbocycles. The van der Waals surface area contributed by atoms with E-state index in [1.807, 2.05) is 48.7 Å². The van der Waals surface area contributed by atoms with Crippen molar-refractivity contribution >= 4 is 17.5 Å². The van der Waals surface area contributed by atoms with Crippen LogP contribution >= 0.6 is 11.6 Å². The van der Waals surface area contributed by atoms with Crippen LogP contribution in [0.4, 0.5) is 0 Å². The van der Waals surface area contributed by atoms with Crippen LogP contribution in [0, 0.1) is 0 Å². The molecule has 1 N–H and O–H groups in total. The Bertz CT molecular complexity index is 1070. The molecule has 0 aliphatic rings. The molecule has 0 unspecified atom stereocenters. The molecule has 8 heteroatoms. The fraction of sp³-hybridized carbons (Fsp3) is 0.143. The minimum Gasteiger partial charge on any atom is -0.355 e. The molecule has 0 aliphatic heterocycles. The van der Waals surface area contributed by atoms with Gasteiger partial charge in [-0.2, -0.15) is 10.1 Å². The zero-order valence-corrected chi connectivity index (χ0v) is 16.2. The van der Waals surface area contributed by atoms with Crippen molar-refractivity contribution in [2.75, 3.05) is 6.54 Å². The molecule has 0 bridgehead atoms. The molecule has 7 nitrogen and oxygen atoms in total. The second-order valence-corrected chi connectivity index (χ2v) is 6.85. The first-order chi connectivity index (χ1) is 14.2. The maximum Gasteiger partial charge on any atom is 0.228 e. The standard InChI is InChI=1S/C21H18ClN5O2/c22-17-6-4-16(5-7-17)21-25-20(29-26-21)10-12-23-19(28)14-15-2-8-18(9-3-15)27-13-1-11-24-27/h1-9,11,13H,10,12,14H2,(H,23,28). The van der Waals surface area contributed by atoms with Crippen molar-refractivity contribution < 1.29 is 9.32 Å². The molecule has 2 aromatic carbocycles. The summed E-state index contributed by atoms with van der Waals surface area (Å²) in [6.07, 6.45) is 4.37. The Morgan fingerprint density at radius 2 is 1.90 bits per heavy atom. The smallest absolute Gasteiger partial charge is 0.228 e. The molecule has 4 aromatic rings. The van der Waals surface area contributed by atoms with Gasteiger partial charge < -0.3 is 9.84 Å². The van der Waals surface area contributed by atoms with E-state index in [2.05, 4.69) is 20.6 Å². The number of hydrogen-bond donors (Lipinski definition) is 1. The lowest BCUT2D eigenvalue weighted by Crippen LogP contribution is -2.27. The maximum absolute atomic E-state index is 12.2. The van der Waals surface area contributed by atoms with Crippen molar-refractivity contribution in [3.8, 4) is 17.1 Å². The molecular weight excluding hydrogens is 390 g/mol. The molecule has 0 atom stereocenters. The normalized spacial score (nSPS) is 10.8. The first-order valence-corrected chi connectivity index (χ1v) is 9.49. The summed E-state index contributed by atoms with van der Waals surface area (Å²) < 4.78 is 7.01. The van der Waals surface area contributed by atoms with Crippen LogP contribution in [-0.4, -0.2) is 32.4 Å². The van der Waals surface area contributed by atoms with Crippen LogP contribution in [0.5, 0.6) is 0 Å². The first-order valence-electron chi connectivity index (χ1n) is 9.11. The fourth-order valence-electron chi connectivity index (χ4n) is 2.82. The average Bonchev–Trinajstić information content (AvgIpc) is 3.42. The number of halogens is 1. The van der Waals surface area contributed by atoms with Gasteiger partial charge in [0.05, 0.1) is 12.1 Å². The Kier molecular flexibility index (Phi) is 5.67. The van der Waals surface area contributed by atoms with Gasteiger partial charge in [-0.3, -0.25) is 4.79 Å². The third-order valence-corrected chi connectivity index (χ3v) is 4.55.